The van der Waals surface area contributed by atoms with Gasteiger partial charge in [0.1, 0.15) is 5.60 Å². The fraction of sp³-hybridized carbons (Fsp3) is 0.562. The molecule has 1 saturated heterocycles. The molecule has 1 atom stereocenters. The lowest BCUT2D eigenvalue weighted by Gasteiger charge is -2.37. The third-order valence-corrected chi connectivity index (χ3v) is 3.66. The molecule has 2 rings (SSSR count). The van der Waals surface area contributed by atoms with E-state index in [9.17, 15) is 4.79 Å². The van der Waals surface area contributed by atoms with Crippen LogP contribution in [0.2, 0.25) is 0 Å². The van der Waals surface area contributed by atoms with Gasteiger partial charge in [0, 0.05) is 5.54 Å². The smallest absolute Gasteiger partial charge is 0.411 e. The van der Waals surface area contributed by atoms with E-state index in [1.165, 1.54) is 5.56 Å². The molecule has 1 aromatic carbocycles. The normalized spacial score (nSPS) is 22.5. The second-order valence-corrected chi connectivity index (χ2v) is 6.72. The number of hydrogen-bond acceptors (Lipinski definition) is 2. The summed E-state index contributed by atoms with van der Waals surface area (Å²) in [5.74, 6) is 0. The molecule has 0 aromatic heterocycles. The molecule has 1 heterocycles. The van der Waals surface area contributed by atoms with Crippen LogP contribution < -0.4 is 0 Å². The third kappa shape index (κ3) is 2.75. The standard InChI is InChI=1S/C16H23NO2/c1-15(2,3)17-13(16(4,5)19-14(17)18)11-12-9-7-6-8-10-12/h6-10,13H,11H2,1-5H3/t13-/m0/s1. The highest BCUT2D eigenvalue weighted by Gasteiger charge is 2.51. The number of hydrogen-bond donors (Lipinski definition) is 0. The van der Waals surface area contributed by atoms with Crippen LogP contribution in [0.4, 0.5) is 4.79 Å². The molecular formula is C16H23NO2. The van der Waals surface area contributed by atoms with Crippen molar-refractivity contribution in [2.75, 3.05) is 0 Å². The molecule has 1 aliphatic heterocycles. The van der Waals surface area contributed by atoms with Crippen LogP contribution in [-0.4, -0.2) is 28.2 Å². The number of amides is 1. The Morgan fingerprint density at radius 1 is 1.21 bits per heavy atom. The van der Waals surface area contributed by atoms with Crippen LogP contribution in [0, 0.1) is 0 Å². The molecule has 0 unspecified atom stereocenters. The van der Waals surface area contributed by atoms with Gasteiger partial charge < -0.3 is 4.74 Å². The van der Waals surface area contributed by atoms with E-state index in [1.54, 1.807) is 0 Å². The molecule has 0 saturated carbocycles. The van der Waals surface area contributed by atoms with E-state index in [0.717, 1.165) is 6.42 Å². The highest BCUT2D eigenvalue weighted by molar-refractivity contribution is 5.72. The number of carbonyl (C=O) groups excluding carboxylic acids is 1. The predicted molar refractivity (Wildman–Crippen MR) is 76.1 cm³/mol. The first kappa shape index (κ1) is 13.9. The maximum Gasteiger partial charge on any atom is 0.411 e. The Bertz CT molecular complexity index is 459. The highest BCUT2D eigenvalue weighted by atomic mass is 16.6. The van der Waals surface area contributed by atoms with Gasteiger partial charge in [-0.25, -0.2) is 4.79 Å². The summed E-state index contributed by atoms with van der Waals surface area (Å²) in [4.78, 5) is 14.0. The quantitative estimate of drug-likeness (QED) is 0.813. The summed E-state index contributed by atoms with van der Waals surface area (Å²) in [6.45, 7) is 10.1. The maximum atomic E-state index is 12.1. The number of ether oxygens (including phenoxy) is 1. The zero-order valence-corrected chi connectivity index (χ0v) is 12.4. The minimum Gasteiger partial charge on any atom is -0.441 e. The molecule has 0 bridgehead atoms. The summed E-state index contributed by atoms with van der Waals surface area (Å²) in [5, 5.41) is 0. The predicted octanol–water partition coefficient (Wildman–Crippen LogP) is 3.63. The van der Waals surface area contributed by atoms with Gasteiger partial charge in [0.25, 0.3) is 0 Å². The number of rotatable bonds is 2. The molecule has 1 aliphatic rings. The number of cyclic esters (lactones) is 1. The molecule has 0 spiro atoms. The SMILES string of the molecule is CC1(C)OC(=O)N(C(C)(C)C)[C@H]1Cc1ccccc1. The average molecular weight is 261 g/mol. The molecule has 3 nitrogen and oxygen atoms in total. The van der Waals surface area contributed by atoms with E-state index in [0.29, 0.717) is 0 Å². The molecular weight excluding hydrogens is 238 g/mol. The lowest BCUT2D eigenvalue weighted by atomic mass is 9.89. The van der Waals surface area contributed by atoms with Crippen LogP contribution in [-0.2, 0) is 11.2 Å². The number of nitrogens with zero attached hydrogens (tertiary/aromatic N) is 1. The van der Waals surface area contributed by atoms with Crippen LogP contribution in [0.5, 0.6) is 0 Å². The highest BCUT2D eigenvalue weighted by Crippen LogP contribution is 2.36. The van der Waals surface area contributed by atoms with E-state index >= 15 is 0 Å². The van der Waals surface area contributed by atoms with Crippen LogP contribution >= 0.6 is 0 Å². The monoisotopic (exact) mass is 261 g/mol. The van der Waals surface area contributed by atoms with Crippen molar-refractivity contribution in [1.82, 2.24) is 4.90 Å². The molecule has 3 heteroatoms. The van der Waals surface area contributed by atoms with E-state index in [4.69, 9.17) is 4.74 Å². The van der Waals surface area contributed by atoms with Crippen LogP contribution in [0.1, 0.15) is 40.2 Å². The van der Waals surface area contributed by atoms with Gasteiger partial charge in [0.15, 0.2) is 0 Å². The Balaban J connectivity index is 2.31. The summed E-state index contributed by atoms with van der Waals surface area (Å²) in [5.41, 5.74) is 0.540. The fourth-order valence-corrected chi connectivity index (χ4v) is 2.70. The first-order valence-electron chi connectivity index (χ1n) is 6.78. The second kappa shape index (κ2) is 4.55. The summed E-state index contributed by atoms with van der Waals surface area (Å²) in [6.07, 6.45) is 0.607. The van der Waals surface area contributed by atoms with Gasteiger partial charge >= 0.3 is 6.09 Å². The molecule has 0 radical (unpaired) electrons. The van der Waals surface area contributed by atoms with Crippen LogP contribution in [0.25, 0.3) is 0 Å². The molecule has 0 N–H and O–H groups in total. The lowest BCUT2D eigenvalue weighted by molar-refractivity contribution is 0.0658. The van der Waals surface area contributed by atoms with Crippen molar-refractivity contribution < 1.29 is 9.53 Å². The van der Waals surface area contributed by atoms with Crippen molar-refractivity contribution in [2.45, 2.75) is 58.2 Å². The van der Waals surface area contributed by atoms with Gasteiger partial charge in [-0.15, -0.1) is 0 Å². The van der Waals surface area contributed by atoms with Crippen molar-refractivity contribution in [3.63, 3.8) is 0 Å². The molecule has 1 amide bonds. The zero-order valence-electron chi connectivity index (χ0n) is 12.4. The van der Waals surface area contributed by atoms with Crippen molar-refractivity contribution in [3.8, 4) is 0 Å². The Kier molecular flexibility index (Phi) is 3.33. The molecule has 1 aromatic rings. The number of benzene rings is 1. The van der Waals surface area contributed by atoms with Gasteiger partial charge in [0.05, 0.1) is 6.04 Å². The van der Waals surface area contributed by atoms with E-state index in [1.807, 2.05) is 57.7 Å². The first-order valence-corrected chi connectivity index (χ1v) is 6.78. The van der Waals surface area contributed by atoms with Gasteiger partial charge in [-0.2, -0.15) is 0 Å². The Labute approximate surface area is 115 Å². The zero-order chi connectivity index (χ0) is 14.3. The van der Waals surface area contributed by atoms with E-state index in [2.05, 4.69) is 12.1 Å². The van der Waals surface area contributed by atoms with Gasteiger partial charge in [-0.3, -0.25) is 4.90 Å². The van der Waals surface area contributed by atoms with Crippen molar-refractivity contribution in [2.24, 2.45) is 0 Å². The van der Waals surface area contributed by atoms with Gasteiger partial charge in [-0.1, -0.05) is 30.3 Å². The van der Waals surface area contributed by atoms with Crippen LogP contribution in [0.15, 0.2) is 30.3 Å². The largest absolute Gasteiger partial charge is 0.441 e. The Morgan fingerprint density at radius 2 is 1.79 bits per heavy atom. The van der Waals surface area contributed by atoms with Crippen molar-refractivity contribution >= 4 is 6.09 Å². The first-order chi connectivity index (χ1) is 8.72. The molecule has 0 aliphatic carbocycles. The van der Waals surface area contributed by atoms with E-state index < -0.39 is 5.60 Å². The summed E-state index contributed by atoms with van der Waals surface area (Å²) in [7, 11) is 0. The average Bonchev–Trinajstić information content (AvgIpc) is 2.49. The summed E-state index contributed by atoms with van der Waals surface area (Å²) >= 11 is 0. The Morgan fingerprint density at radius 3 is 2.32 bits per heavy atom. The maximum absolute atomic E-state index is 12.1. The minimum atomic E-state index is -0.458. The van der Waals surface area contributed by atoms with Gasteiger partial charge in [0.2, 0.25) is 0 Å². The van der Waals surface area contributed by atoms with Gasteiger partial charge in [-0.05, 0) is 46.6 Å². The summed E-state index contributed by atoms with van der Waals surface area (Å²) in [6, 6.07) is 10.3. The van der Waals surface area contributed by atoms with Crippen molar-refractivity contribution in [1.29, 1.82) is 0 Å². The van der Waals surface area contributed by atoms with E-state index in [-0.39, 0.29) is 17.7 Å². The molecule has 1 fully saturated rings. The van der Waals surface area contributed by atoms with Crippen molar-refractivity contribution in [3.05, 3.63) is 35.9 Å². The van der Waals surface area contributed by atoms with Crippen LogP contribution in [0.3, 0.4) is 0 Å². The lowest BCUT2D eigenvalue weighted by Crippen LogP contribution is -2.51. The topological polar surface area (TPSA) is 29.5 Å². The minimum absolute atomic E-state index is 0.0578. The molecule has 104 valence electrons. The fourth-order valence-electron chi connectivity index (χ4n) is 2.70. The number of carbonyl (C=O) groups is 1. The summed E-state index contributed by atoms with van der Waals surface area (Å²) < 4.78 is 5.56. The molecule has 19 heavy (non-hydrogen) atoms. The second-order valence-electron chi connectivity index (χ2n) is 6.72. The third-order valence-electron chi connectivity index (χ3n) is 3.66. The Hall–Kier alpha value is -1.51.